The van der Waals surface area contributed by atoms with E-state index in [4.69, 9.17) is 0 Å². The van der Waals surface area contributed by atoms with E-state index in [2.05, 4.69) is 10.4 Å². The van der Waals surface area contributed by atoms with Gasteiger partial charge in [-0.3, -0.25) is 9.48 Å². The normalized spacial score (nSPS) is 18.2. The van der Waals surface area contributed by atoms with E-state index < -0.39 is 28.9 Å². The van der Waals surface area contributed by atoms with E-state index >= 15 is 0 Å². The first kappa shape index (κ1) is 16.8. The van der Waals surface area contributed by atoms with Crippen molar-refractivity contribution in [1.82, 2.24) is 15.1 Å². The molecule has 5 nitrogen and oxygen atoms in total. The summed E-state index contributed by atoms with van der Waals surface area (Å²) in [5.41, 5.74) is -2.58. The lowest BCUT2D eigenvalue weighted by Crippen LogP contribution is -2.44. The summed E-state index contributed by atoms with van der Waals surface area (Å²) in [4.78, 5) is 12.1. The van der Waals surface area contributed by atoms with Crippen LogP contribution >= 0.6 is 0 Å². The van der Waals surface area contributed by atoms with E-state index in [-0.39, 0.29) is 13.1 Å². The van der Waals surface area contributed by atoms with Crippen LogP contribution in [-0.2, 0) is 12.7 Å². The number of carbonyl (C=O) groups is 1. The minimum Gasteiger partial charge on any atom is -0.388 e. The quantitative estimate of drug-likeness (QED) is 0.895. The predicted molar refractivity (Wildman–Crippen MR) is 73.3 cm³/mol. The molecule has 0 aromatic carbocycles. The number of nitrogens with zero attached hydrogens (tertiary/aromatic N) is 2. The number of carbonyl (C=O) groups excluding carboxylic acids is 1. The number of rotatable bonds is 4. The fourth-order valence-corrected chi connectivity index (χ4v) is 2.82. The molecule has 1 aliphatic rings. The van der Waals surface area contributed by atoms with Gasteiger partial charge in [-0.15, -0.1) is 0 Å². The van der Waals surface area contributed by atoms with Crippen molar-refractivity contribution in [3.8, 4) is 0 Å². The third-order valence-corrected chi connectivity index (χ3v) is 4.01. The third kappa shape index (κ3) is 3.60. The van der Waals surface area contributed by atoms with Crippen LogP contribution in [0.15, 0.2) is 6.20 Å². The summed E-state index contributed by atoms with van der Waals surface area (Å²) >= 11 is 0. The molecule has 0 spiro atoms. The Morgan fingerprint density at radius 3 is 2.59 bits per heavy atom. The van der Waals surface area contributed by atoms with Gasteiger partial charge in [-0.1, -0.05) is 19.3 Å². The van der Waals surface area contributed by atoms with Gasteiger partial charge in [0.05, 0.1) is 17.4 Å². The Balaban J connectivity index is 2.11. The zero-order chi connectivity index (χ0) is 16.4. The van der Waals surface area contributed by atoms with Crippen LogP contribution in [0, 0.1) is 0 Å². The molecule has 0 atom stereocenters. The van der Waals surface area contributed by atoms with Gasteiger partial charge in [0.15, 0.2) is 5.69 Å². The Labute approximate surface area is 126 Å². The summed E-state index contributed by atoms with van der Waals surface area (Å²) in [6, 6.07) is 0. The van der Waals surface area contributed by atoms with E-state index in [9.17, 15) is 23.1 Å². The number of hydrogen-bond donors (Lipinski definition) is 2. The Kier molecular flexibility index (Phi) is 4.79. The highest BCUT2D eigenvalue weighted by Gasteiger charge is 2.40. The SMILES string of the molecule is CCn1ncc(C(=O)NCC2(O)CCCCC2)c1C(F)(F)F. The fourth-order valence-electron chi connectivity index (χ4n) is 2.82. The van der Waals surface area contributed by atoms with Crippen molar-refractivity contribution >= 4 is 5.91 Å². The molecule has 2 rings (SSSR count). The number of aryl methyl sites for hydroxylation is 1. The number of aliphatic hydroxyl groups is 1. The molecule has 124 valence electrons. The number of hydrogen-bond acceptors (Lipinski definition) is 3. The highest BCUT2D eigenvalue weighted by atomic mass is 19.4. The molecule has 1 aromatic rings. The third-order valence-electron chi connectivity index (χ3n) is 4.01. The second-order valence-corrected chi connectivity index (χ2v) is 5.69. The first-order chi connectivity index (χ1) is 10.3. The highest BCUT2D eigenvalue weighted by Crippen LogP contribution is 2.32. The summed E-state index contributed by atoms with van der Waals surface area (Å²) in [5, 5.41) is 16.3. The zero-order valence-electron chi connectivity index (χ0n) is 12.4. The molecule has 0 radical (unpaired) electrons. The molecule has 1 fully saturated rings. The number of amides is 1. The zero-order valence-corrected chi connectivity index (χ0v) is 12.4. The van der Waals surface area contributed by atoms with Crippen molar-refractivity contribution in [2.45, 2.75) is 57.3 Å². The summed E-state index contributed by atoms with van der Waals surface area (Å²) in [6.07, 6.45) is 0.106. The van der Waals surface area contributed by atoms with Crippen molar-refractivity contribution in [3.63, 3.8) is 0 Å². The first-order valence-corrected chi connectivity index (χ1v) is 7.40. The summed E-state index contributed by atoms with van der Waals surface area (Å²) in [7, 11) is 0. The van der Waals surface area contributed by atoms with Crippen LogP contribution in [0.5, 0.6) is 0 Å². The molecule has 0 saturated heterocycles. The molecule has 1 aliphatic carbocycles. The van der Waals surface area contributed by atoms with Gasteiger partial charge >= 0.3 is 6.18 Å². The van der Waals surface area contributed by atoms with Crippen molar-refractivity contribution in [2.24, 2.45) is 0 Å². The average molecular weight is 319 g/mol. The van der Waals surface area contributed by atoms with Crippen LogP contribution in [0.3, 0.4) is 0 Å². The van der Waals surface area contributed by atoms with E-state index in [0.717, 1.165) is 30.1 Å². The molecule has 1 saturated carbocycles. The summed E-state index contributed by atoms with van der Waals surface area (Å²) < 4.78 is 40.0. The van der Waals surface area contributed by atoms with Crippen LogP contribution in [0.1, 0.15) is 55.1 Å². The molecule has 0 bridgehead atoms. The largest absolute Gasteiger partial charge is 0.433 e. The maximum Gasteiger partial charge on any atom is 0.433 e. The van der Waals surface area contributed by atoms with Crippen LogP contribution in [0.2, 0.25) is 0 Å². The van der Waals surface area contributed by atoms with Gasteiger partial charge in [0, 0.05) is 13.1 Å². The second kappa shape index (κ2) is 6.28. The minimum atomic E-state index is -4.65. The topological polar surface area (TPSA) is 67.2 Å². The fraction of sp³-hybridized carbons (Fsp3) is 0.714. The first-order valence-electron chi connectivity index (χ1n) is 7.40. The van der Waals surface area contributed by atoms with E-state index in [1.54, 1.807) is 0 Å². The maximum atomic E-state index is 13.1. The van der Waals surface area contributed by atoms with Crippen molar-refractivity contribution < 1.29 is 23.1 Å². The maximum absolute atomic E-state index is 13.1. The van der Waals surface area contributed by atoms with E-state index in [0.29, 0.717) is 12.8 Å². The molecule has 1 heterocycles. The number of aromatic nitrogens is 2. The van der Waals surface area contributed by atoms with Crippen molar-refractivity contribution in [1.29, 1.82) is 0 Å². The molecule has 22 heavy (non-hydrogen) atoms. The molecule has 2 N–H and O–H groups in total. The molecule has 8 heteroatoms. The van der Waals surface area contributed by atoms with Gasteiger partial charge in [0.25, 0.3) is 5.91 Å². The summed E-state index contributed by atoms with van der Waals surface area (Å²) in [6.45, 7) is 1.50. The van der Waals surface area contributed by atoms with Crippen LogP contribution in [0.4, 0.5) is 13.2 Å². The highest BCUT2D eigenvalue weighted by molar-refractivity contribution is 5.95. The van der Waals surface area contributed by atoms with E-state index in [1.165, 1.54) is 6.92 Å². The van der Waals surface area contributed by atoms with Gasteiger partial charge < -0.3 is 10.4 Å². The monoisotopic (exact) mass is 319 g/mol. The average Bonchev–Trinajstić information content (AvgIpc) is 2.90. The van der Waals surface area contributed by atoms with Crippen LogP contribution in [0.25, 0.3) is 0 Å². The van der Waals surface area contributed by atoms with Gasteiger partial charge in [0.2, 0.25) is 0 Å². The molecule has 1 aromatic heterocycles. The summed E-state index contributed by atoms with van der Waals surface area (Å²) in [5.74, 6) is -0.856. The van der Waals surface area contributed by atoms with Crippen LogP contribution < -0.4 is 5.32 Å². The van der Waals surface area contributed by atoms with Crippen molar-refractivity contribution in [3.05, 3.63) is 17.5 Å². The van der Waals surface area contributed by atoms with Gasteiger partial charge in [-0.2, -0.15) is 18.3 Å². The Morgan fingerprint density at radius 2 is 2.05 bits per heavy atom. The van der Waals surface area contributed by atoms with Gasteiger partial charge in [-0.05, 0) is 19.8 Å². The lowest BCUT2D eigenvalue weighted by atomic mass is 9.85. The second-order valence-electron chi connectivity index (χ2n) is 5.69. The lowest BCUT2D eigenvalue weighted by molar-refractivity contribution is -0.144. The molecule has 0 aliphatic heterocycles. The number of nitrogens with one attached hydrogen (secondary N) is 1. The smallest absolute Gasteiger partial charge is 0.388 e. The van der Waals surface area contributed by atoms with Crippen LogP contribution in [-0.4, -0.2) is 32.9 Å². The predicted octanol–water partition coefficient (Wildman–Crippen LogP) is 2.35. The molecular weight excluding hydrogens is 299 g/mol. The van der Waals surface area contributed by atoms with E-state index in [1.807, 2.05) is 0 Å². The Bertz CT molecular complexity index is 534. The van der Waals surface area contributed by atoms with Crippen molar-refractivity contribution in [2.75, 3.05) is 6.54 Å². The number of halogens is 3. The number of alkyl halides is 3. The minimum absolute atomic E-state index is 0.0199. The Morgan fingerprint density at radius 1 is 1.41 bits per heavy atom. The molecule has 0 unspecified atom stereocenters. The molecule has 1 amide bonds. The standard InChI is InChI=1S/C14H20F3N3O2/c1-2-20-11(14(15,16)17)10(8-19-20)12(21)18-9-13(22)6-4-3-5-7-13/h8,22H,2-7,9H2,1H3,(H,18,21). The van der Waals surface area contributed by atoms with Gasteiger partial charge in [0.1, 0.15) is 0 Å². The Hall–Kier alpha value is -1.57. The van der Waals surface area contributed by atoms with Gasteiger partial charge in [-0.25, -0.2) is 0 Å². The molecular formula is C14H20F3N3O2. The lowest BCUT2D eigenvalue weighted by Gasteiger charge is -2.32.